The fourth-order valence-corrected chi connectivity index (χ4v) is 3.93. The van der Waals surface area contributed by atoms with Gasteiger partial charge in [-0.2, -0.15) is 0 Å². The molecule has 0 saturated carbocycles. The van der Waals surface area contributed by atoms with Crippen molar-refractivity contribution < 1.29 is 9.53 Å². The summed E-state index contributed by atoms with van der Waals surface area (Å²) in [5.74, 6) is -0.0868. The SMILES string of the molecule is Cc1ccc(C(=O)Oc2c(Br)cc(Br)c3nc4ccccc4nc23)cc1. The Morgan fingerprint density at radius 2 is 1.50 bits per heavy atom. The summed E-state index contributed by atoms with van der Waals surface area (Å²) >= 11 is 6.98. The van der Waals surface area contributed by atoms with Crippen molar-refractivity contribution >= 4 is 59.9 Å². The Morgan fingerprint density at radius 1 is 0.885 bits per heavy atom. The van der Waals surface area contributed by atoms with Crippen molar-refractivity contribution in [1.29, 1.82) is 0 Å². The van der Waals surface area contributed by atoms with Gasteiger partial charge in [0.2, 0.25) is 0 Å². The number of aromatic nitrogens is 2. The van der Waals surface area contributed by atoms with Gasteiger partial charge in [-0.25, -0.2) is 14.8 Å². The highest BCUT2D eigenvalue weighted by molar-refractivity contribution is 9.11. The van der Waals surface area contributed by atoms with E-state index in [4.69, 9.17) is 4.74 Å². The lowest BCUT2D eigenvalue weighted by atomic mass is 10.1. The molecule has 0 aliphatic rings. The fourth-order valence-electron chi connectivity index (χ4n) is 2.62. The molecule has 128 valence electrons. The van der Waals surface area contributed by atoms with Crippen LogP contribution in [-0.4, -0.2) is 15.9 Å². The number of nitrogens with zero attached hydrogens (tertiary/aromatic N) is 2. The average Bonchev–Trinajstić information content (AvgIpc) is 2.64. The number of para-hydroxylation sites is 2. The monoisotopic (exact) mass is 470 g/mol. The van der Waals surface area contributed by atoms with E-state index in [0.717, 1.165) is 21.1 Å². The van der Waals surface area contributed by atoms with E-state index in [9.17, 15) is 4.79 Å². The topological polar surface area (TPSA) is 52.1 Å². The Balaban J connectivity index is 1.86. The van der Waals surface area contributed by atoms with Gasteiger partial charge in [0.05, 0.1) is 21.1 Å². The summed E-state index contributed by atoms with van der Waals surface area (Å²) < 4.78 is 7.08. The zero-order chi connectivity index (χ0) is 18.3. The Hall–Kier alpha value is -2.31. The quantitative estimate of drug-likeness (QED) is 0.209. The molecule has 0 spiro atoms. The molecule has 4 aromatic rings. The average molecular weight is 472 g/mol. The fraction of sp³-hybridized carbons (Fsp3) is 0.0500. The van der Waals surface area contributed by atoms with E-state index in [1.54, 1.807) is 12.1 Å². The van der Waals surface area contributed by atoms with Gasteiger partial charge in [-0.1, -0.05) is 29.8 Å². The minimum atomic E-state index is -0.440. The van der Waals surface area contributed by atoms with Crippen molar-refractivity contribution in [3.63, 3.8) is 0 Å². The van der Waals surface area contributed by atoms with Gasteiger partial charge in [-0.15, -0.1) is 0 Å². The molecule has 0 N–H and O–H groups in total. The molecule has 3 aromatic carbocycles. The molecular formula is C20H12Br2N2O2. The van der Waals surface area contributed by atoms with Crippen molar-refractivity contribution in [2.45, 2.75) is 6.92 Å². The molecule has 0 aliphatic heterocycles. The second-order valence-electron chi connectivity index (χ2n) is 5.83. The van der Waals surface area contributed by atoms with Gasteiger partial charge in [0, 0.05) is 4.47 Å². The highest BCUT2D eigenvalue weighted by atomic mass is 79.9. The molecule has 6 heteroatoms. The maximum absolute atomic E-state index is 12.6. The summed E-state index contributed by atoms with van der Waals surface area (Å²) in [6.45, 7) is 1.97. The van der Waals surface area contributed by atoms with E-state index in [2.05, 4.69) is 41.8 Å². The zero-order valence-corrected chi connectivity index (χ0v) is 16.8. The van der Waals surface area contributed by atoms with Crippen molar-refractivity contribution in [3.8, 4) is 5.75 Å². The maximum atomic E-state index is 12.6. The highest BCUT2D eigenvalue weighted by Crippen LogP contribution is 2.38. The third-order valence-corrected chi connectivity index (χ3v) is 5.16. The van der Waals surface area contributed by atoms with Gasteiger partial charge in [0.15, 0.2) is 5.75 Å². The molecule has 0 amide bonds. The van der Waals surface area contributed by atoms with Gasteiger partial charge in [0.1, 0.15) is 11.0 Å². The summed E-state index contributed by atoms with van der Waals surface area (Å²) in [6.07, 6.45) is 0. The van der Waals surface area contributed by atoms with Gasteiger partial charge >= 0.3 is 5.97 Å². The van der Waals surface area contributed by atoms with E-state index in [1.165, 1.54) is 0 Å². The van der Waals surface area contributed by atoms with Crippen molar-refractivity contribution in [3.05, 3.63) is 74.7 Å². The first kappa shape index (κ1) is 17.1. The van der Waals surface area contributed by atoms with E-state index in [1.807, 2.05) is 49.4 Å². The predicted octanol–water partition coefficient (Wildman–Crippen LogP) is 5.84. The van der Waals surface area contributed by atoms with Crippen LogP contribution < -0.4 is 4.74 Å². The van der Waals surface area contributed by atoms with Gasteiger partial charge in [-0.05, 0) is 69.1 Å². The van der Waals surface area contributed by atoms with Crippen LogP contribution in [0.1, 0.15) is 15.9 Å². The standard InChI is InChI=1S/C20H12Br2N2O2/c1-11-6-8-12(9-7-11)20(25)26-19-14(22)10-13(21)17-18(19)24-16-5-3-2-4-15(16)23-17/h2-10H,1H3. The van der Waals surface area contributed by atoms with E-state index in [0.29, 0.717) is 26.8 Å². The minimum Gasteiger partial charge on any atom is -0.419 e. The zero-order valence-electron chi connectivity index (χ0n) is 13.7. The van der Waals surface area contributed by atoms with Crippen LogP contribution in [0.4, 0.5) is 0 Å². The van der Waals surface area contributed by atoms with E-state index >= 15 is 0 Å². The third kappa shape index (κ3) is 3.10. The van der Waals surface area contributed by atoms with Crippen LogP contribution in [0.5, 0.6) is 5.75 Å². The van der Waals surface area contributed by atoms with E-state index < -0.39 is 5.97 Å². The molecule has 0 fully saturated rings. The predicted molar refractivity (Wildman–Crippen MR) is 109 cm³/mol. The number of fused-ring (bicyclic) bond motifs is 2. The second-order valence-corrected chi connectivity index (χ2v) is 7.54. The van der Waals surface area contributed by atoms with Crippen LogP contribution in [0.3, 0.4) is 0 Å². The first-order valence-electron chi connectivity index (χ1n) is 7.86. The van der Waals surface area contributed by atoms with Crippen LogP contribution in [0.2, 0.25) is 0 Å². The van der Waals surface area contributed by atoms with Crippen LogP contribution in [0, 0.1) is 6.92 Å². The molecule has 1 aromatic heterocycles. The molecule has 0 unspecified atom stereocenters. The molecule has 26 heavy (non-hydrogen) atoms. The van der Waals surface area contributed by atoms with Crippen LogP contribution in [0.15, 0.2) is 63.5 Å². The number of hydrogen-bond acceptors (Lipinski definition) is 4. The molecular weight excluding hydrogens is 460 g/mol. The summed E-state index contributed by atoms with van der Waals surface area (Å²) in [5.41, 5.74) is 4.22. The first-order chi connectivity index (χ1) is 12.5. The molecule has 0 aliphatic carbocycles. The molecule has 1 heterocycles. The first-order valence-corrected chi connectivity index (χ1v) is 9.45. The summed E-state index contributed by atoms with van der Waals surface area (Å²) in [6, 6.07) is 16.6. The molecule has 4 rings (SSSR count). The normalized spacial score (nSPS) is 11.0. The number of esters is 1. The lowest BCUT2D eigenvalue weighted by Crippen LogP contribution is -2.09. The number of carbonyl (C=O) groups excluding carboxylic acids is 1. The highest BCUT2D eigenvalue weighted by Gasteiger charge is 2.18. The van der Waals surface area contributed by atoms with Gasteiger partial charge < -0.3 is 4.74 Å². The van der Waals surface area contributed by atoms with Crippen molar-refractivity contribution in [2.24, 2.45) is 0 Å². The molecule has 4 nitrogen and oxygen atoms in total. The number of halogens is 2. The van der Waals surface area contributed by atoms with Crippen molar-refractivity contribution in [2.75, 3.05) is 0 Å². The largest absolute Gasteiger partial charge is 0.419 e. The summed E-state index contributed by atoms with van der Waals surface area (Å²) in [4.78, 5) is 21.9. The van der Waals surface area contributed by atoms with Crippen LogP contribution in [-0.2, 0) is 0 Å². The number of carbonyl (C=O) groups is 1. The van der Waals surface area contributed by atoms with E-state index in [-0.39, 0.29) is 0 Å². The number of ether oxygens (including phenoxy) is 1. The Morgan fingerprint density at radius 3 is 2.15 bits per heavy atom. The molecule has 0 saturated heterocycles. The van der Waals surface area contributed by atoms with Crippen LogP contribution in [0.25, 0.3) is 22.1 Å². The van der Waals surface area contributed by atoms with Crippen molar-refractivity contribution in [1.82, 2.24) is 9.97 Å². The third-order valence-electron chi connectivity index (χ3n) is 3.96. The second kappa shape index (κ2) is 6.78. The van der Waals surface area contributed by atoms with Gasteiger partial charge in [-0.3, -0.25) is 0 Å². The number of hydrogen-bond donors (Lipinski definition) is 0. The van der Waals surface area contributed by atoms with Crippen LogP contribution >= 0.6 is 31.9 Å². The number of benzene rings is 3. The Bertz CT molecular complexity index is 1160. The lowest BCUT2D eigenvalue weighted by molar-refractivity contribution is 0.0735. The van der Waals surface area contributed by atoms with Gasteiger partial charge in [0.25, 0.3) is 0 Å². The molecule has 0 bridgehead atoms. The Kier molecular flexibility index (Phi) is 4.46. The summed E-state index contributed by atoms with van der Waals surface area (Å²) in [5, 5.41) is 0. The molecule has 0 radical (unpaired) electrons. The lowest BCUT2D eigenvalue weighted by Gasteiger charge is -2.11. The maximum Gasteiger partial charge on any atom is 0.343 e. The summed E-state index contributed by atoms with van der Waals surface area (Å²) in [7, 11) is 0. The minimum absolute atomic E-state index is 0.354. The Labute approximate surface area is 166 Å². The molecule has 0 atom stereocenters. The smallest absolute Gasteiger partial charge is 0.343 e. The number of aryl methyl sites for hydroxylation is 1. The number of rotatable bonds is 2.